The van der Waals surface area contributed by atoms with Crippen molar-refractivity contribution in [2.45, 2.75) is 6.54 Å². The number of imide groups is 1. The van der Waals surface area contributed by atoms with Gasteiger partial charge >= 0.3 is 0 Å². The molecule has 3 aromatic carbocycles. The average molecular weight is 387 g/mol. The molecule has 0 radical (unpaired) electrons. The first kappa shape index (κ1) is 17.3. The second kappa shape index (κ2) is 6.67. The number of carbonyl (C=O) groups excluding carboxylic acids is 2. The van der Waals surface area contributed by atoms with Crippen LogP contribution in [0.4, 0.5) is 0 Å². The van der Waals surface area contributed by atoms with E-state index in [9.17, 15) is 9.59 Å². The molecule has 2 heterocycles. The first-order chi connectivity index (χ1) is 14.2. The van der Waals surface area contributed by atoms with Gasteiger partial charge in [-0.05, 0) is 47.5 Å². The van der Waals surface area contributed by atoms with Gasteiger partial charge in [-0.2, -0.15) is 0 Å². The number of amides is 2. The van der Waals surface area contributed by atoms with E-state index in [1.807, 2.05) is 36.4 Å². The fourth-order valence-corrected chi connectivity index (χ4v) is 3.71. The number of carbonyl (C=O) groups is 2. The van der Waals surface area contributed by atoms with Gasteiger partial charge in [-0.25, -0.2) is 0 Å². The van der Waals surface area contributed by atoms with E-state index in [1.54, 1.807) is 31.4 Å². The van der Waals surface area contributed by atoms with E-state index in [0.29, 0.717) is 28.4 Å². The minimum atomic E-state index is -0.272. The molecular weight excluding hydrogens is 370 g/mol. The molecule has 0 saturated heterocycles. The van der Waals surface area contributed by atoms with Crippen molar-refractivity contribution in [1.29, 1.82) is 0 Å². The predicted octanol–water partition coefficient (Wildman–Crippen LogP) is 3.89. The molecule has 0 spiro atoms. The topological polar surface area (TPSA) is 65.1 Å². The first-order valence-electron chi connectivity index (χ1n) is 9.18. The van der Waals surface area contributed by atoms with Gasteiger partial charge in [0.25, 0.3) is 11.8 Å². The minimum Gasteiger partial charge on any atom is -0.496 e. The van der Waals surface area contributed by atoms with Crippen LogP contribution in [0.1, 0.15) is 26.3 Å². The van der Waals surface area contributed by atoms with E-state index < -0.39 is 0 Å². The maximum absolute atomic E-state index is 12.7. The summed E-state index contributed by atoms with van der Waals surface area (Å²) in [5.74, 6) is 1.53. The van der Waals surface area contributed by atoms with Crippen LogP contribution >= 0.6 is 0 Å². The zero-order valence-electron chi connectivity index (χ0n) is 15.7. The van der Waals surface area contributed by atoms with Crippen LogP contribution in [0.2, 0.25) is 0 Å². The molecule has 2 aliphatic heterocycles. The van der Waals surface area contributed by atoms with Gasteiger partial charge in [0.15, 0.2) is 11.5 Å². The molecule has 0 fully saturated rings. The Kier molecular flexibility index (Phi) is 3.98. The van der Waals surface area contributed by atoms with Gasteiger partial charge in [0.1, 0.15) is 5.75 Å². The van der Waals surface area contributed by atoms with Crippen LogP contribution in [0.5, 0.6) is 17.2 Å². The SMILES string of the molecule is COc1ccc(CN2C(=O)c3ccccc3C2=O)cc1-c1ccc2c(c1)OCO2. The molecule has 0 aliphatic carbocycles. The van der Waals surface area contributed by atoms with Crippen molar-refractivity contribution in [1.82, 2.24) is 4.90 Å². The Morgan fingerprint density at radius 1 is 0.862 bits per heavy atom. The normalized spacial score (nSPS) is 14.3. The number of fused-ring (bicyclic) bond motifs is 2. The maximum Gasteiger partial charge on any atom is 0.261 e. The van der Waals surface area contributed by atoms with Crippen LogP contribution in [0, 0.1) is 0 Å². The largest absolute Gasteiger partial charge is 0.496 e. The lowest BCUT2D eigenvalue weighted by Crippen LogP contribution is -2.29. The summed E-state index contributed by atoms with van der Waals surface area (Å²) in [5.41, 5.74) is 3.47. The van der Waals surface area contributed by atoms with E-state index in [0.717, 1.165) is 16.7 Å². The number of hydrogen-bond donors (Lipinski definition) is 0. The van der Waals surface area contributed by atoms with Crippen LogP contribution in [0.3, 0.4) is 0 Å². The Labute approximate surface area is 167 Å². The molecule has 0 N–H and O–H groups in total. The molecule has 0 bridgehead atoms. The van der Waals surface area contributed by atoms with Gasteiger partial charge in [-0.15, -0.1) is 0 Å². The minimum absolute atomic E-state index is 0.188. The van der Waals surface area contributed by atoms with Crippen molar-refractivity contribution in [2.24, 2.45) is 0 Å². The summed E-state index contributed by atoms with van der Waals surface area (Å²) in [6.07, 6.45) is 0. The van der Waals surface area contributed by atoms with Crippen LogP contribution in [-0.4, -0.2) is 30.6 Å². The monoisotopic (exact) mass is 387 g/mol. The second-order valence-electron chi connectivity index (χ2n) is 6.84. The molecule has 5 rings (SSSR count). The molecule has 3 aromatic rings. The van der Waals surface area contributed by atoms with Crippen molar-refractivity contribution in [2.75, 3.05) is 13.9 Å². The Balaban J connectivity index is 1.49. The van der Waals surface area contributed by atoms with Gasteiger partial charge in [0, 0.05) is 5.56 Å². The van der Waals surface area contributed by atoms with E-state index >= 15 is 0 Å². The fraction of sp³-hybridized carbons (Fsp3) is 0.130. The summed E-state index contributed by atoms with van der Waals surface area (Å²) in [4.78, 5) is 26.6. The highest BCUT2D eigenvalue weighted by atomic mass is 16.7. The lowest BCUT2D eigenvalue weighted by atomic mass is 10.0. The summed E-state index contributed by atoms with van der Waals surface area (Å²) in [6, 6.07) is 18.2. The summed E-state index contributed by atoms with van der Waals surface area (Å²) in [7, 11) is 1.61. The Hall–Kier alpha value is -3.80. The Morgan fingerprint density at radius 3 is 2.31 bits per heavy atom. The number of nitrogens with zero attached hydrogens (tertiary/aromatic N) is 1. The standard InChI is InChI=1S/C23H17NO5/c1-27-19-8-6-14(10-18(19)15-7-9-20-21(11-15)29-13-28-20)12-24-22(25)16-4-2-3-5-17(16)23(24)26/h2-11H,12-13H2,1H3. The predicted molar refractivity (Wildman–Crippen MR) is 105 cm³/mol. The summed E-state index contributed by atoms with van der Waals surface area (Å²) in [6.45, 7) is 0.392. The summed E-state index contributed by atoms with van der Waals surface area (Å²) >= 11 is 0. The third-order valence-corrected chi connectivity index (χ3v) is 5.17. The molecule has 0 atom stereocenters. The van der Waals surface area contributed by atoms with Crippen molar-refractivity contribution in [3.05, 3.63) is 77.4 Å². The molecule has 0 unspecified atom stereocenters. The van der Waals surface area contributed by atoms with Crippen molar-refractivity contribution >= 4 is 11.8 Å². The van der Waals surface area contributed by atoms with Crippen LogP contribution in [0.15, 0.2) is 60.7 Å². The smallest absolute Gasteiger partial charge is 0.261 e. The second-order valence-corrected chi connectivity index (χ2v) is 6.84. The zero-order valence-corrected chi connectivity index (χ0v) is 15.7. The highest BCUT2D eigenvalue weighted by molar-refractivity contribution is 6.21. The van der Waals surface area contributed by atoms with Crippen LogP contribution < -0.4 is 14.2 Å². The lowest BCUT2D eigenvalue weighted by molar-refractivity contribution is 0.0642. The van der Waals surface area contributed by atoms with Gasteiger partial charge < -0.3 is 14.2 Å². The average Bonchev–Trinajstić information content (AvgIpc) is 3.32. The molecule has 2 amide bonds. The first-order valence-corrected chi connectivity index (χ1v) is 9.18. The quantitative estimate of drug-likeness (QED) is 0.636. The number of rotatable bonds is 4. The van der Waals surface area contributed by atoms with Gasteiger partial charge in [-0.1, -0.05) is 24.3 Å². The van der Waals surface area contributed by atoms with E-state index in [4.69, 9.17) is 14.2 Å². The highest BCUT2D eigenvalue weighted by Gasteiger charge is 2.35. The third-order valence-electron chi connectivity index (χ3n) is 5.17. The van der Waals surface area contributed by atoms with E-state index in [2.05, 4.69) is 0 Å². The number of ether oxygens (including phenoxy) is 3. The Morgan fingerprint density at radius 2 is 1.59 bits per heavy atom. The highest BCUT2D eigenvalue weighted by Crippen LogP contribution is 2.39. The number of benzene rings is 3. The van der Waals surface area contributed by atoms with Gasteiger partial charge in [-0.3, -0.25) is 14.5 Å². The third kappa shape index (κ3) is 2.81. The maximum atomic E-state index is 12.7. The molecule has 6 nitrogen and oxygen atoms in total. The van der Waals surface area contributed by atoms with Crippen molar-refractivity contribution < 1.29 is 23.8 Å². The fourth-order valence-electron chi connectivity index (χ4n) is 3.71. The molecule has 144 valence electrons. The zero-order chi connectivity index (χ0) is 20.0. The molecule has 6 heteroatoms. The van der Waals surface area contributed by atoms with E-state index in [-0.39, 0.29) is 25.2 Å². The van der Waals surface area contributed by atoms with Crippen LogP contribution in [0.25, 0.3) is 11.1 Å². The molecule has 0 aromatic heterocycles. The lowest BCUT2D eigenvalue weighted by Gasteiger charge is -2.16. The summed E-state index contributed by atoms with van der Waals surface area (Å²) in [5, 5.41) is 0. The van der Waals surface area contributed by atoms with Gasteiger partial charge in [0.2, 0.25) is 6.79 Å². The van der Waals surface area contributed by atoms with E-state index in [1.165, 1.54) is 4.90 Å². The number of hydrogen-bond acceptors (Lipinski definition) is 5. The summed E-state index contributed by atoms with van der Waals surface area (Å²) < 4.78 is 16.4. The molecule has 29 heavy (non-hydrogen) atoms. The molecule has 0 saturated carbocycles. The van der Waals surface area contributed by atoms with Crippen LogP contribution in [-0.2, 0) is 6.54 Å². The molecule has 2 aliphatic rings. The van der Waals surface area contributed by atoms with Gasteiger partial charge in [0.05, 0.1) is 24.8 Å². The van der Waals surface area contributed by atoms with Crippen molar-refractivity contribution in [3.63, 3.8) is 0 Å². The Bertz CT molecular complexity index is 1120. The van der Waals surface area contributed by atoms with Crippen molar-refractivity contribution in [3.8, 4) is 28.4 Å². The number of methoxy groups -OCH3 is 1. The molecular formula is C23H17NO5.